The van der Waals surface area contributed by atoms with Crippen LogP contribution in [0.1, 0.15) is 13.3 Å². The van der Waals surface area contributed by atoms with Gasteiger partial charge in [-0.15, -0.1) is 0 Å². The quantitative estimate of drug-likeness (QED) is 0.721. The standard InChI is InChI=1S/C14H28N4O3/c1-4-5-17(9-6-15(2)3)14(21)18-10-7-16(8-11-18)12-13(19)20/h4-12H2,1-3H3,(H,19,20). The molecule has 0 radical (unpaired) electrons. The predicted octanol–water partition coefficient (Wildman–Crippen LogP) is 0.0822. The maximum absolute atomic E-state index is 12.5. The van der Waals surface area contributed by atoms with E-state index in [1.54, 1.807) is 0 Å². The molecule has 1 rings (SSSR count). The van der Waals surface area contributed by atoms with Gasteiger partial charge in [-0.2, -0.15) is 0 Å². The smallest absolute Gasteiger partial charge is 0.320 e. The van der Waals surface area contributed by atoms with Gasteiger partial charge in [-0.25, -0.2) is 4.79 Å². The molecule has 2 amide bonds. The van der Waals surface area contributed by atoms with Crippen molar-refractivity contribution < 1.29 is 14.7 Å². The van der Waals surface area contributed by atoms with E-state index in [4.69, 9.17) is 5.11 Å². The number of urea groups is 1. The van der Waals surface area contributed by atoms with Gasteiger partial charge in [0.15, 0.2) is 0 Å². The highest BCUT2D eigenvalue weighted by atomic mass is 16.4. The molecule has 0 aromatic carbocycles. The van der Waals surface area contributed by atoms with E-state index in [1.165, 1.54) is 0 Å². The molecule has 21 heavy (non-hydrogen) atoms. The van der Waals surface area contributed by atoms with Crippen LogP contribution in [0, 0.1) is 0 Å². The zero-order valence-corrected chi connectivity index (χ0v) is 13.4. The largest absolute Gasteiger partial charge is 0.480 e. The first-order valence-corrected chi connectivity index (χ1v) is 7.56. The van der Waals surface area contributed by atoms with Crippen LogP contribution in [-0.2, 0) is 4.79 Å². The molecular formula is C14H28N4O3. The molecule has 0 spiro atoms. The average molecular weight is 300 g/mol. The minimum atomic E-state index is -0.812. The lowest BCUT2D eigenvalue weighted by Crippen LogP contribution is -2.54. The van der Waals surface area contributed by atoms with Gasteiger partial charge in [-0.1, -0.05) is 6.92 Å². The van der Waals surface area contributed by atoms with E-state index < -0.39 is 5.97 Å². The van der Waals surface area contributed by atoms with E-state index in [-0.39, 0.29) is 12.6 Å². The number of carbonyl (C=O) groups excluding carboxylic acids is 1. The molecule has 7 heteroatoms. The van der Waals surface area contributed by atoms with Crippen LogP contribution in [0.15, 0.2) is 0 Å². The number of amides is 2. The summed E-state index contributed by atoms with van der Waals surface area (Å²) in [7, 11) is 4.00. The fourth-order valence-electron chi connectivity index (χ4n) is 2.38. The van der Waals surface area contributed by atoms with Crippen molar-refractivity contribution in [2.45, 2.75) is 13.3 Å². The van der Waals surface area contributed by atoms with E-state index in [0.29, 0.717) is 26.2 Å². The normalized spacial score (nSPS) is 16.3. The van der Waals surface area contributed by atoms with Gasteiger partial charge >= 0.3 is 12.0 Å². The van der Waals surface area contributed by atoms with Crippen LogP contribution < -0.4 is 0 Å². The summed E-state index contributed by atoms with van der Waals surface area (Å²) in [6, 6.07) is 0.0775. The lowest BCUT2D eigenvalue weighted by molar-refractivity contribution is -0.138. The maximum atomic E-state index is 12.5. The SMILES string of the molecule is CCCN(CCN(C)C)C(=O)N1CCN(CC(=O)O)CC1. The Morgan fingerprint density at radius 3 is 2.14 bits per heavy atom. The summed E-state index contributed by atoms with van der Waals surface area (Å²) in [4.78, 5) is 30.9. The summed E-state index contributed by atoms with van der Waals surface area (Å²) >= 11 is 0. The number of carboxylic acids is 1. The number of hydrogen-bond acceptors (Lipinski definition) is 4. The fraction of sp³-hybridized carbons (Fsp3) is 0.857. The Morgan fingerprint density at radius 1 is 1.05 bits per heavy atom. The predicted molar refractivity (Wildman–Crippen MR) is 81.5 cm³/mol. The fourth-order valence-corrected chi connectivity index (χ4v) is 2.38. The molecule has 0 aromatic heterocycles. The molecule has 0 bridgehead atoms. The molecular weight excluding hydrogens is 272 g/mol. The van der Waals surface area contributed by atoms with Crippen LogP contribution in [0.25, 0.3) is 0 Å². The van der Waals surface area contributed by atoms with E-state index in [9.17, 15) is 9.59 Å². The molecule has 0 aliphatic carbocycles. The Labute approximate surface area is 127 Å². The monoisotopic (exact) mass is 300 g/mol. The first-order chi connectivity index (χ1) is 9.93. The summed E-state index contributed by atoms with van der Waals surface area (Å²) in [6.45, 7) is 6.95. The van der Waals surface area contributed by atoms with Crippen molar-refractivity contribution in [1.29, 1.82) is 0 Å². The molecule has 0 saturated carbocycles. The van der Waals surface area contributed by atoms with Gasteiger partial charge in [-0.05, 0) is 20.5 Å². The third kappa shape index (κ3) is 6.31. The van der Waals surface area contributed by atoms with Crippen molar-refractivity contribution in [2.24, 2.45) is 0 Å². The number of hydrogen-bond donors (Lipinski definition) is 1. The molecule has 1 saturated heterocycles. The van der Waals surface area contributed by atoms with E-state index >= 15 is 0 Å². The van der Waals surface area contributed by atoms with Crippen LogP contribution in [-0.4, -0.2) is 103 Å². The lowest BCUT2D eigenvalue weighted by atomic mass is 10.3. The van der Waals surface area contributed by atoms with Crippen molar-refractivity contribution in [3.63, 3.8) is 0 Å². The van der Waals surface area contributed by atoms with Gasteiger partial charge in [0.25, 0.3) is 0 Å². The molecule has 1 heterocycles. The number of carbonyl (C=O) groups is 2. The first kappa shape index (κ1) is 17.7. The summed E-state index contributed by atoms with van der Waals surface area (Å²) in [5.74, 6) is -0.812. The van der Waals surface area contributed by atoms with Gasteiger partial charge in [0, 0.05) is 45.8 Å². The molecule has 1 fully saturated rings. The number of piperazine rings is 1. The van der Waals surface area contributed by atoms with E-state index in [1.807, 2.05) is 28.8 Å². The highest BCUT2D eigenvalue weighted by Crippen LogP contribution is 2.06. The van der Waals surface area contributed by atoms with Crippen molar-refractivity contribution in [3.05, 3.63) is 0 Å². The van der Waals surface area contributed by atoms with Crippen LogP contribution in [0.2, 0.25) is 0 Å². The molecule has 122 valence electrons. The van der Waals surface area contributed by atoms with Crippen molar-refractivity contribution in [3.8, 4) is 0 Å². The summed E-state index contributed by atoms with van der Waals surface area (Å²) in [6.07, 6.45) is 0.943. The van der Waals surface area contributed by atoms with Crippen LogP contribution >= 0.6 is 0 Å². The number of rotatable bonds is 7. The Hall–Kier alpha value is -1.34. The maximum Gasteiger partial charge on any atom is 0.320 e. The molecule has 1 N–H and O–H groups in total. The number of aliphatic carboxylic acids is 1. The Balaban J connectivity index is 2.47. The number of nitrogens with zero attached hydrogens (tertiary/aromatic N) is 4. The van der Waals surface area contributed by atoms with Crippen LogP contribution in [0.3, 0.4) is 0 Å². The van der Waals surface area contributed by atoms with Gasteiger partial charge in [0.1, 0.15) is 0 Å². The highest BCUT2D eigenvalue weighted by molar-refractivity contribution is 5.74. The van der Waals surface area contributed by atoms with Gasteiger partial charge in [-0.3, -0.25) is 9.69 Å². The lowest BCUT2D eigenvalue weighted by Gasteiger charge is -2.37. The molecule has 0 aromatic rings. The summed E-state index contributed by atoms with van der Waals surface area (Å²) < 4.78 is 0. The minimum Gasteiger partial charge on any atom is -0.480 e. The zero-order chi connectivity index (χ0) is 15.8. The summed E-state index contributed by atoms with van der Waals surface area (Å²) in [5.41, 5.74) is 0. The van der Waals surface area contributed by atoms with Crippen LogP contribution in [0.4, 0.5) is 4.79 Å². The summed E-state index contributed by atoms with van der Waals surface area (Å²) in [5, 5.41) is 8.79. The molecule has 1 aliphatic heterocycles. The third-order valence-corrected chi connectivity index (χ3v) is 3.58. The second-order valence-corrected chi connectivity index (χ2v) is 5.73. The topological polar surface area (TPSA) is 67.3 Å². The molecule has 0 atom stereocenters. The second kappa shape index (κ2) is 8.84. The van der Waals surface area contributed by atoms with Gasteiger partial charge < -0.3 is 19.8 Å². The van der Waals surface area contributed by atoms with Crippen molar-refractivity contribution >= 4 is 12.0 Å². The number of carboxylic acid groups (broad SMARTS) is 1. The average Bonchev–Trinajstić information content (AvgIpc) is 2.42. The van der Waals surface area contributed by atoms with Gasteiger partial charge in [0.2, 0.25) is 0 Å². The zero-order valence-electron chi connectivity index (χ0n) is 13.4. The van der Waals surface area contributed by atoms with E-state index in [0.717, 1.165) is 26.1 Å². The molecule has 1 aliphatic rings. The second-order valence-electron chi connectivity index (χ2n) is 5.73. The Bertz CT molecular complexity index is 341. The van der Waals surface area contributed by atoms with Crippen LogP contribution in [0.5, 0.6) is 0 Å². The van der Waals surface area contributed by atoms with E-state index in [2.05, 4.69) is 11.8 Å². The Morgan fingerprint density at radius 2 is 1.67 bits per heavy atom. The number of likely N-dealkylation sites (N-methyl/N-ethyl adjacent to an activating group) is 1. The first-order valence-electron chi connectivity index (χ1n) is 7.56. The van der Waals surface area contributed by atoms with Crippen molar-refractivity contribution in [2.75, 3.05) is 66.5 Å². The molecule has 7 nitrogen and oxygen atoms in total. The minimum absolute atomic E-state index is 0.0569. The third-order valence-electron chi connectivity index (χ3n) is 3.58. The van der Waals surface area contributed by atoms with Crippen molar-refractivity contribution in [1.82, 2.24) is 19.6 Å². The van der Waals surface area contributed by atoms with Gasteiger partial charge in [0.05, 0.1) is 6.54 Å². The highest BCUT2D eigenvalue weighted by Gasteiger charge is 2.25. The molecule has 0 unspecified atom stereocenters. The Kier molecular flexibility index (Phi) is 7.45.